The van der Waals surface area contributed by atoms with Crippen LogP contribution in [0.25, 0.3) is 0 Å². The largest absolute Gasteiger partial charge is 0.452 e. The number of ether oxygens (including phenoxy) is 1. The molecule has 26 heavy (non-hydrogen) atoms. The summed E-state index contributed by atoms with van der Waals surface area (Å²) in [7, 11) is -2.56. The highest BCUT2D eigenvalue weighted by atomic mass is 35.5. The van der Waals surface area contributed by atoms with Crippen LogP contribution in [-0.2, 0) is 19.6 Å². The Balaban J connectivity index is 2.97. The second kappa shape index (κ2) is 9.51. The summed E-state index contributed by atoms with van der Waals surface area (Å²) in [5, 5.41) is 4.05. The number of amides is 3. The van der Waals surface area contributed by atoms with Gasteiger partial charge in [0.2, 0.25) is 10.0 Å². The van der Waals surface area contributed by atoms with Gasteiger partial charge in [0.1, 0.15) is 4.90 Å². The van der Waals surface area contributed by atoms with Crippen molar-refractivity contribution in [2.45, 2.75) is 18.7 Å². The standard InChI is InChI=1S/C15H20ClN3O6S/c1-4-19(5-2)26(23,24)12-8-10(6-7-11(12)16)14(21)25-9-13(20)18-15(22)17-3/h6-8H,4-5,9H2,1-3H3,(H2,17,18,20,22). The Morgan fingerprint density at radius 3 is 2.35 bits per heavy atom. The van der Waals surface area contributed by atoms with Crippen molar-refractivity contribution in [3.63, 3.8) is 0 Å². The molecule has 0 saturated carbocycles. The van der Waals surface area contributed by atoms with E-state index in [9.17, 15) is 22.8 Å². The Labute approximate surface area is 156 Å². The molecule has 0 bridgehead atoms. The number of carbonyl (C=O) groups excluding carboxylic acids is 3. The zero-order valence-corrected chi connectivity index (χ0v) is 16.1. The fraction of sp³-hybridized carbons (Fsp3) is 0.400. The second-order valence-electron chi connectivity index (χ2n) is 4.94. The van der Waals surface area contributed by atoms with E-state index in [1.165, 1.54) is 23.5 Å². The second-order valence-corrected chi connectivity index (χ2v) is 7.25. The lowest BCUT2D eigenvalue weighted by molar-refractivity contribution is -0.123. The Kier molecular flexibility index (Phi) is 8.00. The van der Waals surface area contributed by atoms with E-state index in [1.807, 2.05) is 5.32 Å². The van der Waals surface area contributed by atoms with Gasteiger partial charge in [-0.2, -0.15) is 4.31 Å². The molecular weight excluding hydrogens is 386 g/mol. The molecule has 0 fully saturated rings. The minimum atomic E-state index is -3.88. The molecule has 0 saturated heterocycles. The van der Waals surface area contributed by atoms with E-state index < -0.39 is 34.5 Å². The van der Waals surface area contributed by atoms with Gasteiger partial charge in [0.05, 0.1) is 10.6 Å². The molecule has 1 rings (SSSR count). The van der Waals surface area contributed by atoms with Gasteiger partial charge in [0, 0.05) is 20.1 Å². The molecule has 0 aromatic heterocycles. The summed E-state index contributed by atoms with van der Waals surface area (Å²) in [5.74, 6) is -1.76. The molecule has 0 atom stereocenters. The van der Waals surface area contributed by atoms with Gasteiger partial charge < -0.3 is 10.1 Å². The third kappa shape index (κ3) is 5.41. The Bertz CT molecular complexity index is 793. The van der Waals surface area contributed by atoms with E-state index in [2.05, 4.69) is 5.32 Å². The van der Waals surface area contributed by atoms with Crippen LogP contribution in [0.4, 0.5) is 4.79 Å². The molecular formula is C15H20ClN3O6S. The predicted molar refractivity (Wildman–Crippen MR) is 94.4 cm³/mol. The first kappa shape index (κ1) is 21.9. The number of sulfonamides is 1. The molecule has 9 nitrogen and oxygen atoms in total. The van der Waals surface area contributed by atoms with Crippen LogP contribution in [-0.4, -0.2) is 57.4 Å². The summed E-state index contributed by atoms with van der Waals surface area (Å²) in [4.78, 5) is 34.2. The molecule has 144 valence electrons. The predicted octanol–water partition coefficient (Wildman–Crippen LogP) is 0.983. The van der Waals surface area contributed by atoms with Crippen LogP contribution in [0.1, 0.15) is 24.2 Å². The van der Waals surface area contributed by atoms with Crippen molar-refractivity contribution < 1.29 is 27.5 Å². The lowest BCUT2D eigenvalue weighted by atomic mass is 10.2. The van der Waals surface area contributed by atoms with Gasteiger partial charge in [-0.1, -0.05) is 25.4 Å². The number of benzene rings is 1. The molecule has 1 aromatic carbocycles. The van der Waals surface area contributed by atoms with Crippen molar-refractivity contribution in [1.29, 1.82) is 0 Å². The van der Waals surface area contributed by atoms with Crippen LogP contribution < -0.4 is 10.6 Å². The average Bonchev–Trinajstić information content (AvgIpc) is 2.60. The Hall–Kier alpha value is -2.17. The molecule has 2 N–H and O–H groups in total. The molecule has 0 aliphatic carbocycles. The summed E-state index contributed by atoms with van der Waals surface area (Å²) < 4.78 is 31.2. The van der Waals surface area contributed by atoms with E-state index in [-0.39, 0.29) is 28.6 Å². The molecule has 0 unspecified atom stereocenters. The van der Waals surface area contributed by atoms with Gasteiger partial charge in [-0.15, -0.1) is 0 Å². The number of hydrogen-bond acceptors (Lipinski definition) is 6. The van der Waals surface area contributed by atoms with Crippen LogP contribution >= 0.6 is 11.6 Å². The maximum atomic E-state index is 12.6. The number of imide groups is 1. The maximum Gasteiger partial charge on any atom is 0.338 e. The van der Waals surface area contributed by atoms with Gasteiger partial charge in [-0.25, -0.2) is 18.0 Å². The first-order valence-electron chi connectivity index (χ1n) is 7.65. The molecule has 0 heterocycles. The normalized spacial score (nSPS) is 11.1. The minimum Gasteiger partial charge on any atom is -0.452 e. The van der Waals surface area contributed by atoms with Crippen LogP contribution in [0, 0.1) is 0 Å². The van der Waals surface area contributed by atoms with E-state index in [1.54, 1.807) is 13.8 Å². The van der Waals surface area contributed by atoms with Crippen molar-refractivity contribution in [3.05, 3.63) is 28.8 Å². The first-order valence-corrected chi connectivity index (χ1v) is 9.47. The van der Waals surface area contributed by atoms with E-state index in [4.69, 9.17) is 16.3 Å². The van der Waals surface area contributed by atoms with Gasteiger partial charge in [0.25, 0.3) is 5.91 Å². The van der Waals surface area contributed by atoms with Crippen LogP contribution in [0.2, 0.25) is 5.02 Å². The number of nitrogens with one attached hydrogen (secondary N) is 2. The van der Waals surface area contributed by atoms with Gasteiger partial charge in [0.15, 0.2) is 6.61 Å². The van der Waals surface area contributed by atoms with Gasteiger partial charge >= 0.3 is 12.0 Å². The number of halogens is 1. The summed E-state index contributed by atoms with van der Waals surface area (Å²) >= 11 is 5.98. The molecule has 11 heteroatoms. The topological polar surface area (TPSA) is 122 Å². The molecule has 1 aromatic rings. The molecule has 3 amide bonds. The highest BCUT2D eigenvalue weighted by molar-refractivity contribution is 7.89. The van der Waals surface area contributed by atoms with Gasteiger partial charge in [-0.3, -0.25) is 10.1 Å². The Morgan fingerprint density at radius 2 is 1.81 bits per heavy atom. The zero-order chi connectivity index (χ0) is 19.9. The zero-order valence-electron chi connectivity index (χ0n) is 14.5. The number of hydrogen-bond donors (Lipinski definition) is 2. The van der Waals surface area contributed by atoms with E-state index in [0.29, 0.717) is 0 Å². The summed E-state index contributed by atoms with van der Waals surface area (Å²) in [5.41, 5.74) is -0.0899. The number of rotatable bonds is 7. The maximum absolute atomic E-state index is 12.6. The lowest BCUT2D eigenvalue weighted by Gasteiger charge is -2.19. The lowest BCUT2D eigenvalue weighted by Crippen LogP contribution is -2.39. The Morgan fingerprint density at radius 1 is 1.19 bits per heavy atom. The van der Waals surface area contributed by atoms with E-state index >= 15 is 0 Å². The first-order chi connectivity index (χ1) is 12.2. The van der Waals surface area contributed by atoms with Crippen LogP contribution in [0.5, 0.6) is 0 Å². The smallest absolute Gasteiger partial charge is 0.338 e. The summed E-state index contributed by atoms with van der Waals surface area (Å²) in [6.07, 6.45) is 0. The van der Waals surface area contributed by atoms with Crippen molar-refractivity contribution in [2.24, 2.45) is 0 Å². The monoisotopic (exact) mass is 405 g/mol. The number of carbonyl (C=O) groups is 3. The molecule has 0 aliphatic heterocycles. The summed E-state index contributed by atoms with van der Waals surface area (Å²) in [6.45, 7) is 3.14. The SMILES string of the molecule is CCN(CC)S(=O)(=O)c1cc(C(=O)OCC(=O)NC(=O)NC)ccc1Cl. The van der Waals surface area contributed by atoms with Crippen molar-refractivity contribution in [2.75, 3.05) is 26.7 Å². The number of esters is 1. The fourth-order valence-electron chi connectivity index (χ4n) is 1.97. The van der Waals surface area contributed by atoms with E-state index in [0.717, 1.165) is 6.07 Å². The third-order valence-electron chi connectivity index (χ3n) is 3.30. The highest BCUT2D eigenvalue weighted by Crippen LogP contribution is 2.26. The number of nitrogens with zero attached hydrogens (tertiary/aromatic N) is 1. The highest BCUT2D eigenvalue weighted by Gasteiger charge is 2.26. The molecule has 0 spiro atoms. The summed E-state index contributed by atoms with van der Waals surface area (Å²) in [6, 6.07) is 2.89. The van der Waals surface area contributed by atoms with Crippen molar-refractivity contribution in [1.82, 2.24) is 14.9 Å². The van der Waals surface area contributed by atoms with Crippen molar-refractivity contribution in [3.8, 4) is 0 Å². The molecule has 0 radical (unpaired) electrons. The quantitative estimate of drug-likeness (QED) is 0.652. The third-order valence-corrected chi connectivity index (χ3v) is 5.84. The average molecular weight is 406 g/mol. The molecule has 0 aliphatic rings. The van der Waals surface area contributed by atoms with Crippen LogP contribution in [0.15, 0.2) is 23.1 Å². The van der Waals surface area contributed by atoms with Crippen LogP contribution in [0.3, 0.4) is 0 Å². The van der Waals surface area contributed by atoms with Gasteiger partial charge in [-0.05, 0) is 18.2 Å². The number of urea groups is 1. The van der Waals surface area contributed by atoms with Crippen molar-refractivity contribution >= 4 is 39.5 Å². The fourth-order valence-corrected chi connectivity index (χ4v) is 3.93. The minimum absolute atomic E-state index is 0.0363.